The minimum absolute atomic E-state index is 0.0349. The van der Waals surface area contributed by atoms with Crippen LogP contribution in [0, 0.1) is 17.7 Å². The molecule has 1 N–H and O–H groups in total. The lowest BCUT2D eigenvalue weighted by molar-refractivity contribution is 0.0696. The second kappa shape index (κ2) is 5.93. The summed E-state index contributed by atoms with van der Waals surface area (Å²) in [6.45, 7) is 0. The fourth-order valence-electron chi connectivity index (χ4n) is 4.28. The molecule has 2 aromatic rings. The number of carbonyl (C=O) groups is 1. The average molecular weight is 326 g/mol. The molecule has 0 radical (unpaired) electrons. The van der Waals surface area contributed by atoms with Crippen LogP contribution >= 0.6 is 0 Å². The van der Waals surface area contributed by atoms with Gasteiger partial charge in [-0.1, -0.05) is 18.6 Å². The van der Waals surface area contributed by atoms with Crippen LogP contribution < -0.4 is 4.74 Å². The van der Waals surface area contributed by atoms with Crippen LogP contribution in [-0.4, -0.2) is 11.1 Å². The monoisotopic (exact) mass is 326 g/mol. The van der Waals surface area contributed by atoms with Gasteiger partial charge >= 0.3 is 5.97 Å². The smallest absolute Gasteiger partial charge is 0.335 e. The van der Waals surface area contributed by atoms with Crippen LogP contribution in [0.4, 0.5) is 4.39 Å². The van der Waals surface area contributed by atoms with Crippen LogP contribution in [0.15, 0.2) is 42.5 Å². The second-order valence-corrected chi connectivity index (χ2v) is 6.90. The van der Waals surface area contributed by atoms with Gasteiger partial charge in [0, 0.05) is 0 Å². The molecule has 2 bridgehead atoms. The molecule has 0 saturated heterocycles. The molecular weight excluding hydrogens is 307 g/mol. The molecule has 0 aliphatic heterocycles. The first-order valence-corrected chi connectivity index (χ1v) is 8.41. The number of rotatable bonds is 4. The first-order valence-electron chi connectivity index (χ1n) is 8.41. The van der Waals surface area contributed by atoms with Crippen LogP contribution in [-0.2, 0) is 0 Å². The number of benzene rings is 2. The molecule has 3 atom stereocenters. The fraction of sp³-hybridized carbons (Fsp3) is 0.350. The summed E-state index contributed by atoms with van der Waals surface area (Å²) < 4.78 is 19.5. The van der Waals surface area contributed by atoms with Crippen molar-refractivity contribution in [2.75, 3.05) is 0 Å². The van der Waals surface area contributed by atoms with Gasteiger partial charge in [0.1, 0.15) is 5.75 Å². The zero-order valence-electron chi connectivity index (χ0n) is 13.2. The van der Waals surface area contributed by atoms with Gasteiger partial charge in [0.2, 0.25) is 0 Å². The zero-order valence-corrected chi connectivity index (χ0v) is 13.2. The van der Waals surface area contributed by atoms with Crippen molar-refractivity contribution in [3.05, 3.63) is 59.4 Å². The van der Waals surface area contributed by atoms with Gasteiger partial charge in [-0.05, 0) is 72.9 Å². The number of halogens is 1. The van der Waals surface area contributed by atoms with E-state index in [9.17, 15) is 9.18 Å². The van der Waals surface area contributed by atoms with Gasteiger partial charge in [0.25, 0.3) is 0 Å². The Kier molecular flexibility index (Phi) is 3.75. The molecular formula is C20H19FO3. The number of ether oxygens (including phenoxy) is 1. The Balaban J connectivity index is 1.48. The normalized spacial score (nSPS) is 25.0. The minimum Gasteiger partial charge on any atom is -0.478 e. The quantitative estimate of drug-likeness (QED) is 0.838. The lowest BCUT2D eigenvalue weighted by Crippen LogP contribution is -2.08. The highest BCUT2D eigenvalue weighted by molar-refractivity contribution is 5.87. The second-order valence-electron chi connectivity index (χ2n) is 6.90. The summed E-state index contributed by atoms with van der Waals surface area (Å²) in [4.78, 5) is 10.8. The van der Waals surface area contributed by atoms with E-state index in [1.165, 1.54) is 43.4 Å². The summed E-state index contributed by atoms with van der Waals surface area (Å²) in [6, 6.07) is 11.5. The van der Waals surface area contributed by atoms with Crippen molar-refractivity contribution in [3.8, 4) is 11.5 Å². The molecule has 2 aromatic carbocycles. The molecule has 0 aromatic heterocycles. The number of hydrogen-bond donors (Lipinski definition) is 1. The van der Waals surface area contributed by atoms with E-state index < -0.39 is 11.8 Å². The summed E-state index contributed by atoms with van der Waals surface area (Å²) in [5, 5.41) is 8.86. The van der Waals surface area contributed by atoms with Crippen molar-refractivity contribution in [1.29, 1.82) is 0 Å². The standard InChI is InChI=1S/C20H19FO3/c21-18-11-15(20(22)23)5-8-19(18)24-16-6-3-13(4-7-16)17-10-12-1-2-14(17)9-12/h3-8,11-12,14,17H,1-2,9-10H2,(H,22,23). The topological polar surface area (TPSA) is 46.5 Å². The van der Waals surface area contributed by atoms with E-state index >= 15 is 0 Å². The first kappa shape index (κ1) is 15.2. The molecule has 0 heterocycles. The SMILES string of the molecule is O=C(O)c1ccc(Oc2ccc(C3CC4CCC3C4)cc2)c(F)c1. The van der Waals surface area contributed by atoms with E-state index in [-0.39, 0.29) is 11.3 Å². The number of carboxylic acid groups (broad SMARTS) is 1. The van der Waals surface area contributed by atoms with Crippen LogP contribution in [0.3, 0.4) is 0 Å². The molecule has 2 aliphatic carbocycles. The van der Waals surface area contributed by atoms with E-state index in [1.54, 1.807) is 0 Å². The summed E-state index contributed by atoms with van der Waals surface area (Å²) in [7, 11) is 0. The third-order valence-corrected chi connectivity index (χ3v) is 5.45. The van der Waals surface area contributed by atoms with Gasteiger partial charge in [0.15, 0.2) is 11.6 Å². The molecule has 4 rings (SSSR count). The number of hydrogen-bond acceptors (Lipinski definition) is 2. The molecule has 0 amide bonds. The van der Waals surface area contributed by atoms with Crippen LogP contribution in [0.5, 0.6) is 11.5 Å². The Morgan fingerprint density at radius 3 is 2.46 bits per heavy atom. The largest absolute Gasteiger partial charge is 0.478 e. The average Bonchev–Trinajstić information content (AvgIpc) is 3.20. The van der Waals surface area contributed by atoms with Crippen LogP contribution in [0.2, 0.25) is 0 Å². The summed E-state index contributed by atoms with van der Waals surface area (Å²) in [5.41, 5.74) is 1.25. The van der Waals surface area contributed by atoms with E-state index in [1.807, 2.05) is 12.1 Å². The Morgan fingerprint density at radius 1 is 1.08 bits per heavy atom. The predicted octanol–water partition coefficient (Wildman–Crippen LogP) is 5.22. The van der Waals surface area contributed by atoms with Gasteiger partial charge < -0.3 is 9.84 Å². The maximum atomic E-state index is 13.9. The van der Waals surface area contributed by atoms with Crippen molar-refractivity contribution in [3.63, 3.8) is 0 Å². The molecule has 2 aliphatic rings. The van der Waals surface area contributed by atoms with Gasteiger partial charge in [-0.15, -0.1) is 0 Å². The van der Waals surface area contributed by atoms with E-state index in [0.717, 1.165) is 17.9 Å². The third-order valence-electron chi connectivity index (χ3n) is 5.45. The fourth-order valence-corrected chi connectivity index (χ4v) is 4.28. The summed E-state index contributed by atoms with van der Waals surface area (Å²) >= 11 is 0. The predicted molar refractivity (Wildman–Crippen MR) is 88.1 cm³/mol. The summed E-state index contributed by atoms with van der Waals surface area (Å²) in [6.07, 6.45) is 5.38. The van der Waals surface area contributed by atoms with Crippen molar-refractivity contribution in [2.24, 2.45) is 11.8 Å². The highest BCUT2D eigenvalue weighted by Crippen LogP contribution is 2.52. The number of fused-ring (bicyclic) bond motifs is 2. The van der Waals surface area contributed by atoms with Gasteiger partial charge in [-0.3, -0.25) is 0 Å². The van der Waals surface area contributed by atoms with Crippen LogP contribution in [0.25, 0.3) is 0 Å². The Labute approximate surface area is 140 Å². The van der Waals surface area contributed by atoms with Gasteiger partial charge in [0.05, 0.1) is 5.56 Å². The molecule has 124 valence electrons. The molecule has 4 heteroatoms. The zero-order chi connectivity index (χ0) is 16.7. The lowest BCUT2D eigenvalue weighted by Gasteiger charge is -2.22. The highest BCUT2D eigenvalue weighted by Gasteiger charge is 2.39. The van der Waals surface area contributed by atoms with E-state index in [0.29, 0.717) is 11.7 Å². The molecule has 3 unspecified atom stereocenters. The maximum absolute atomic E-state index is 13.9. The third kappa shape index (κ3) is 2.77. The van der Waals surface area contributed by atoms with Crippen LogP contribution in [0.1, 0.15) is 47.5 Å². The molecule has 24 heavy (non-hydrogen) atoms. The Morgan fingerprint density at radius 2 is 1.88 bits per heavy atom. The lowest BCUT2D eigenvalue weighted by atomic mass is 9.83. The number of carboxylic acids is 1. The Bertz CT molecular complexity index is 769. The van der Waals surface area contributed by atoms with E-state index in [2.05, 4.69) is 12.1 Å². The number of aromatic carboxylic acids is 1. The van der Waals surface area contributed by atoms with E-state index in [4.69, 9.17) is 9.84 Å². The van der Waals surface area contributed by atoms with Crippen molar-refractivity contribution in [2.45, 2.75) is 31.6 Å². The highest BCUT2D eigenvalue weighted by atomic mass is 19.1. The van der Waals surface area contributed by atoms with Crippen molar-refractivity contribution >= 4 is 5.97 Å². The first-order chi connectivity index (χ1) is 11.6. The maximum Gasteiger partial charge on any atom is 0.335 e. The van der Waals surface area contributed by atoms with Gasteiger partial charge in [-0.25, -0.2) is 9.18 Å². The molecule has 3 nitrogen and oxygen atoms in total. The molecule has 0 spiro atoms. The summed E-state index contributed by atoms with van der Waals surface area (Å²) in [5.74, 6) is 1.14. The van der Waals surface area contributed by atoms with Crippen molar-refractivity contribution in [1.82, 2.24) is 0 Å². The Hall–Kier alpha value is -2.36. The minimum atomic E-state index is -1.16. The van der Waals surface area contributed by atoms with Gasteiger partial charge in [-0.2, -0.15) is 0 Å². The molecule has 2 fully saturated rings. The molecule has 2 saturated carbocycles. The van der Waals surface area contributed by atoms with Crippen molar-refractivity contribution < 1.29 is 19.0 Å².